The highest BCUT2D eigenvalue weighted by Gasteiger charge is 2.12. The number of rotatable bonds is 11. The first-order valence-corrected chi connectivity index (χ1v) is 11.0. The summed E-state index contributed by atoms with van der Waals surface area (Å²) < 4.78 is 0. The van der Waals surface area contributed by atoms with Gasteiger partial charge in [-0.05, 0) is 19.2 Å². The Morgan fingerprint density at radius 3 is 2.06 bits per heavy atom. The molecule has 0 atom stereocenters. The summed E-state index contributed by atoms with van der Waals surface area (Å²) in [6.07, 6.45) is 3.05. The zero-order valence-corrected chi connectivity index (χ0v) is 19.4. The van der Waals surface area contributed by atoms with Crippen LogP contribution in [0.4, 0.5) is 0 Å². The molecule has 4 N–H and O–H groups in total. The van der Waals surface area contributed by atoms with Crippen LogP contribution in [0.3, 0.4) is 0 Å². The predicted octanol–water partition coefficient (Wildman–Crippen LogP) is -0.241. The van der Waals surface area contributed by atoms with Gasteiger partial charge in [-0.1, -0.05) is 13.8 Å². The van der Waals surface area contributed by atoms with Crippen LogP contribution in [-0.4, -0.2) is 66.8 Å². The van der Waals surface area contributed by atoms with Crippen LogP contribution in [0.25, 0.3) is 0 Å². The zero-order valence-electron chi connectivity index (χ0n) is 18.5. The normalized spacial score (nSPS) is 9.34. The summed E-state index contributed by atoms with van der Waals surface area (Å²) in [6.45, 7) is 4.57. The molecule has 1 aromatic rings. The minimum Gasteiger partial charge on any atom is -0.351 e. The van der Waals surface area contributed by atoms with E-state index in [1.54, 1.807) is 6.26 Å². The van der Waals surface area contributed by atoms with E-state index >= 15 is 0 Å². The lowest BCUT2D eigenvalue weighted by Crippen LogP contribution is -2.43. The molecule has 1 rings (SSSR count). The molecule has 12 heteroatoms. The van der Waals surface area contributed by atoms with Crippen molar-refractivity contribution in [1.82, 2.24) is 26.3 Å². The summed E-state index contributed by atoms with van der Waals surface area (Å²) in [4.78, 5) is 61.6. The molecule has 0 aromatic carbocycles. The smallest absolute Gasteiger partial charge is 0.252 e. The van der Waals surface area contributed by atoms with Crippen molar-refractivity contribution < 1.29 is 24.0 Å². The second-order valence-electron chi connectivity index (χ2n) is 5.93. The van der Waals surface area contributed by atoms with Crippen molar-refractivity contribution in [2.75, 3.05) is 32.4 Å². The molecule has 0 spiro atoms. The van der Waals surface area contributed by atoms with Crippen LogP contribution in [0.5, 0.6) is 0 Å². The van der Waals surface area contributed by atoms with Gasteiger partial charge in [0.1, 0.15) is 16.9 Å². The fourth-order valence-corrected chi connectivity index (χ4v) is 2.49. The van der Waals surface area contributed by atoms with Gasteiger partial charge >= 0.3 is 0 Å². The monoisotopic (exact) mass is 464 g/mol. The lowest BCUT2D eigenvalue weighted by atomic mass is 10.2. The largest absolute Gasteiger partial charge is 0.351 e. The third kappa shape index (κ3) is 11.7. The molecule has 0 unspecified atom stereocenters. The van der Waals surface area contributed by atoms with Crippen molar-refractivity contribution in [1.29, 1.82) is 5.26 Å². The molecule has 0 aliphatic carbocycles. The highest BCUT2D eigenvalue weighted by atomic mass is 32.2. The highest BCUT2D eigenvalue weighted by molar-refractivity contribution is 7.98. The zero-order chi connectivity index (χ0) is 24.5. The molecule has 0 bridgehead atoms. The molecule has 174 valence electrons. The molecule has 0 radical (unpaired) electrons. The Kier molecular flexibility index (Phi) is 14.5. The van der Waals surface area contributed by atoms with Gasteiger partial charge < -0.3 is 21.3 Å². The molecule has 11 nitrogen and oxygen atoms in total. The highest BCUT2D eigenvalue weighted by Crippen LogP contribution is 2.17. The average Bonchev–Trinajstić information content (AvgIpc) is 2.80. The van der Waals surface area contributed by atoms with Crippen LogP contribution in [0.1, 0.15) is 43.1 Å². The first-order valence-electron chi connectivity index (χ1n) is 9.78. The number of ketones is 1. The van der Waals surface area contributed by atoms with Gasteiger partial charge in [0.25, 0.3) is 5.91 Å². The molecule has 0 fully saturated rings. The van der Waals surface area contributed by atoms with E-state index in [2.05, 4.69) is 26.3 Å². The second kappa shape index (κ2) is 16.3. The summed E-state index contributed by atoms with van der Waals surface area (Å²) in [6, 6.07) is 3.39. The Balaban J connectivity index is 0.00000466. The van der Waals surface area contributed by atoms with Gasteiger partial charge in [-0.3, -0.25) is 24.0 Å². The predicted molar refractivity (Wildman–Crippen MR) is 119 cm³/mol. The van der Waals surface area contributed by atoms with Gasteiger partial charge in [0.15, 0.2) is 0 Å². The molecular weight excluding hydrogens is 436 g/mol. The number of Topliss-reactive ketones (excluding diaryl/α,β-unsaturated/α-hetero) is 1. The lowest BCUT2D eigenvalue weighted by Gasteiger charge is -2.08. The Bertz CT molecular complexity index is 869. The molecule has 32 heavy (non-hydrogen) atoms. The maximum Gasteiger partial charge on any atom is 0.252 e. The van der Waals surface area contributed by atoms with E-state index in [4.69, 9.17) is 5.26 Å². The van der Waals surface area contributed by atoms with Gasteiger partial charge in [0.2, 0.25) is 17.7 Å². The molecule has 0 aliphatic heterocycles. The maximum absolute atomic E-state index is 12.1. The number of thioether (sulfide) groups is 1. The molecule has 4 amide bonds. The fraction of sp³-hybridized carbons (Fsp3) is 0.450. The van der Waals surface area contributed by atoms with Crippen LogP contribution in [0, 0.1) is 11.3 Å². The third-order valence-electron chi connectivity index (χ3n) is 3.49. The van der Waals surface area contributed by atoms with E-state index < -0.39 is 23.6 Å². The minimum absolute atomic E-state index is 0.0197. The molecule has 0 saturated heterocycles. The Morgan fingerprint density at radius 1 is 0.969 bits per heavy atom. The van der Waals surface area contributed by atoms with Gasteiger partial charge in [-0.15, -0.1) is 11.8 Å². The number of nitrogens with one attached hydrogen (secondary N) is 4. The van der Waals surface area contributed by atoms with Gasteiger partial charge in [0, 0.05) is 19.2 Å². The van der Waals surface area contributed by atoms with Crippen LogP contribution in [-0.2, 0) is 19.2 Å². The van der Waals surface area contributed by atoms with Crippen LogP contribution < -0.4 is 21.3 Å². The molecule has 0 saturated carbocycles. The van der Waals surface area contributed by atoms with Crippen LogP contribution in [0.2, 0.25) is 0 Å². The van der Waals surface area contributed by atoms with Gasteiger partial charge in [-0.25, -0.2) is 4.98 Å². The fourth-order valence-electron chi connectivity index (χ4n) is 2.00. The third-order valence-corrected chi connectivity index (χ3v) is 4.20. The number of nitriles is 1. The van der Waals surface area contributed by atoms with E-state index in [0.29, 0.717) is 5.03 Å². The van der Waals surface area contributed by atoms with E-state index in [9.17, 15) is 24.0 Å². The Morgan fingerprint density at radius 2 is 1.53 bits per heavy atom. The number of amides is 4. The SMILES string of the molecule is CC.CSc1ncc(C(=O)NCCC(=O)NCC(=O)NCC(=O)NCC(C)=O)cc1C#N. The molecule has 0 aliphatic rings. The summed E-state index contributed by atoms with van der Waals surface area (Å²) in [5.41, 5.74) is 0.487. The number of aromatic nitrogens is 1. The molecular formula is C20H28N6O5S. The van der Waals surface area contributed by atoms with Gasteiger partial charge in [-0.2, -0.15) is 5.26 Å². The number of nitrogens with zero attached hydrogens (tertiary/aromatic N) is 2. The van der Waals surface area contributed by atoms with Gasteiger partial charge in [0.05, 0.1) is 30.8 Å². The van der Waals surface area contributed by atoms with Crippen LogP contribution >= 0.6 is 11.8 Å². The Labute approximate surface area is 191 Å². The second-order valence-corrected chi connectivity index (χ2v) is 6.73. The molecule has 1 heterocycles. The number of hydrogen-bond donors (Lipinski definition) is 4. The van der Waals surface area contributed by atoms with E-state index in [0.717, 1.165) is 0 Å². The average molecular weight is 465 g/mol. The quantitative estimate of drug-likeness (QED) is 0.325. The summed E-state index contributed by atoms with van der Waals surface area (Å²) in [5, 5.41) is 19.1. The first-order chi connectivity index (χ1) is 15.3. The van der Waals surface area contributed by atoms with Crippen molar-refractivity contribution >= 4 is 41.2 Å². The standard InChI is InChI=1S/C18H22N6O5S.C2H6/c1-11(25)7-21-15(27)10-23-16(28)9-22-14(26)3-4-20-17(29)13-5-12(6-19)18(30-2)24-8-13;1-2/h5,8H,3-4,7,9-10H2,1-2H3,(H,20,29)(H,21,27)(H,22,26)(H,23,28);1-2H3. The molecule has 1 aromatic heterocycles. The van der Waals surface area contributed by atoms with Crippen molar-refractivity contribution in [2.45, 2.75) is 32.2 Å². The van der Waals surface area contributed by atoms with Crippen molar-refractivity contribution in [3.8, 4) is 6.07 Å². The number of pyridine rings is 1. The van der Waals surface area contributed by atoms with Crippen molar-refractivity contribution in [3.05, 3.63) is 23.4 Å². The van der Waals surface area contributed by atoms with Crippen LogP contribution in [0.15, 0.2) is 17.3 Å². The van der Waals surface area contributed by atoms with Crippen molar-refractivity contribution in [2.24, 2.45) is 0 Å². The lowest BCUT2D eigenvalue weighted by molar-refractivity contribution is -0.128. The Hall–Kier alpha value is -3.46. The van der Waals surface area contributed by atoms with E-state index in [1.807, 2.05) is 19.9 Å². The summed E-state index contributed by atoms with van der Waals surface area (Å²) >= 11 is 1.29. The van der Waals surface area contributed by atoms with Crippen molar-refractivity contribution in [3.63, 3.8) is 0 Å². The first kappa shape index (κ1) is 28.5. The van der Waals surface area contributed by atoms with E-state index in [-0.39, 0.29) is 49.5 Å². The number of carbonyl (C=O) groups is 5. The number of hydrogen-bond acceptors (Lipinski definition) is 8. The summed E-state index contributed by atoms with van der Waals surface area (Å²) in [7, 11) is 0. The topological polar surface area (TPSA) is 170 Å². The summed E-state index contributed by atoms with van der Waals surface area (Å²) in [5.74, 6) is -2.26. The minimum atomic E-state index is -0.575. The van der Waals surface area contributed by atoms with E-state index in [1.165, 1.54) is 30.9 Å². The number of carbonyl (C=O) groups excluding carboxylic acids is 5. The maximum atomic E-state index is 12.1.